The van der Waals surface area contributed by atoms with Crippen LogP contribution in [0, 0.1) is 5.92 Å². The van der Waals surface area contributed by atoms with Crippen molar-refractivity contribution in [2.75, 3.05) is 31.6 Å². The number of primary amides is 1. The number of aliphatic hydroxyl groups is 1. The topological polar surface area (TPSA) is 96.1 Å². The van der Waals surface area contributed by atoms with Gasteiger partial charge in [0.05, 0.1) is 11.6 Å². The van der Waals surface area contributed by atoms with Crippen molar-refractivity contribution < 1.29 is 19.4 Å². The third-order valence-corrected chi connectivity index (χ3v) is 8.24. The molecule has 0 saturated carbocycles. The molecule has 2 aromatic rings. The summed E-state index contributed by atoms with van der Waals surface area (Å²) >= 11 is 6.29. The highest BCUT2D eigenvalue weighted by Gasteiger charge is 2.46. The summed E-state index contributed by atoms with van der Waals surface area (Å²) in [5.74, 6) is -1.72. The third kappa shape index (κ3) is 6.59. The van der Waals surface area contributed by atoms with Crippen molar-refractivity contribution in [3.05, 3.63) is 70.3 Å². The Morgan fingerprint density at radius 2 is 1.82 bits per heavy atom. The molecular formula is C31H40ClN3O4. The van der Waals surface area contributed by atoms with E-state index in [1.54, 1.807) is 32.2 Å². The molecule has 0 saturated heterocycles. The molecular weight excluding hydrogens is 514 g/mol. The summed E-state index contributed by atoms with van der Waals surface area (Å²) in [5.41, 5.74) is 6.98. The lowest BCUT2D eigenvalue weighted by Gasteiger charge is -2.34. The number of ether oxygens (including phenoxy) is 1. The molecule has 2 atom stereocenters. The number of carbonyl (C=O) groups is 2. The van der Waals surface area contributed by atoms with E-state index in [4.69, 9.17) is 22.1 Å². The smallest absolute Gasteiger partial charge is 0.254 e. The van der Waals surface area contributed by atoms with Crippen molar-refractivity contribution in [3.8, 4) is 5.75 Å². The number of amides is 2. The molecule has 0 fully saturated rings. The van der Waals surface area contributed by atoms with Crippen LogP contribution >= 0.6 is 11.6 Å². The summed E-state index contributed by atoms with van der Waals surface area (Å²) in [7, 11) is 1.67. The second-order valence-electron chi connectivity index (χ2n) is 10.7. The predicted molar refractivity (Wildman–Crippen MR) is 155 cm³/mol. The predicted octanol–water partition coefficient (Wildman–Crippen LogP) is 4.96. The van der Waals surface area contributed by atoms with Crippen LogP contribution in [0.15, 0.2) is 48.6 Å². The first-order valence-corrected chi connectivity index (χ1v) is 14.3. The lowest BCUT2D eigenvalue weighted by atomic mass is 9.80. The van der Waals surface area contributed by atoms with E-state index >= 15 is 0 Å². The number of halogens is 1. The van der Waals surface area contributed by atoms with Gasteiger partial charge in [0.25, 0.3) is 5.91 Å². The van der Waals surface area contributed by atoms with Gasteiger partial charge in [-0.2, -0.15) is 0 Å². The third-order valence-electron chi connectivity index (χ3n) is 8.01. The number of allylic oxidation sites excluding steroid dienone is 1. The minimum absolute atomic E-state index is 0.293. The molecule has 2 aliphatic rings. The van der Waals surface area contributed by atoms with Gasteiger partial charge in [-0.15, -0.1) is 0 Å². The molecule has 2 bridgehead atoms. The van der Waals surface area contributed by atoms with Crippen molar-refractivity contribution in [1.82, 2.24) is 4.90 Å². The van der Waals surface area contributed by atoms with Crippen molar-refractivity contribution in [3.63, 3.8) is 0 Å². The summed E-state index contributed by atoms with van der Waals surface area (Å²) in [6.45, 7) is 3.94. The summed E-state index contributed by atoms with van der Waals surface area (Å²) in [5, 5.41) is 12.5. The standard InChI is InChI=1S/C31H40ClN3O4/c1-22-29(36)34(2)16-8-5-3-4-6-9-17-35-18-10-7-11-23-19-26(32)14-12-24(23)21-39-28-15-13-25(20-27(28)35)31(22,38)30(33)37/h5,8,12-15,19-20,22,38H,3-4,6-7,9-11,16-18,21H2,1-2H3,(H2,33,37)/b8-5-/t22-,31+/m1/s1. The van der Waals surface area contributed by atoms with E-state index in [0.717, 1.165) is 69.3 Å². The molecule has 2 aromatic carbocycles. The van der Waals surface area contributed by atoms with Crippen LogP contribution in [0.2, 0.25) is 5.02 Å². The Labute approximate surface area is 236 Å². The van der Waals surface area contributed by atoms with Crippen LogP contribution in [0.4, 0.5) is 5.69 Å². The number of nitrogens with two attached hydrogens (primary N) is 1. The number of carbonyl (C=O) groups excluding carboxylic acids is 2. The number of rotatable bonds is 1. The fraction of sp³-hybridized carbons (Fsp3) is 0.484. The van der Waals surface area contributed by atoms with Gasteiger partial charge in [0, 0.05) is 31.7 Å². The molecule has 210 valence electrons. The highest BCUT2D eigenvalue weighted by Crippen LogP contribution is 2.38. The first-order valence-electron chi connectivity index (χ1n) is 13.9. The van der Waals surface area contributed by atoms with Gasteiger partial charge in [-0.05, 0) is 86.4 Å². The van der Waals surface area contributed by atoms with Crippen LogP contribution in [0.25, 0.3) is 0 Å². The zero-order valence-electron chi connectivity index (χ0n) is 23.0. The fourth-order valence-electron chi connectivity index (χ4n) is 5.52. The summed E-state index contributed by atoms with van der Waals surface area (Å²) < 4.78 is 6.38. The van der Waals surface area contributed by atoms with E-state index in [1.807, 2.05) is 24.3 Å². The molecule has 2 aliphatic heterocycles. The number of hydrogen-bond acceptors (Lipinski definition) is 5. The number of hydrogen-bond donors (Lipinski definition) is 2. The van der Waals surface area contributed by atoms with E-state index in [0.29, 0.717) is 29.5 Å². The quantitative estimate of drug-likeness (QED) is 0.487. The van der Waals surface area contributed by atoms with E-state index in [2.05, 4.69) is 11.0 Å². The first-order chi connectivity index (χ1) is 18.7. The van der Waals surface area contributed by atoms with Gasteiger partial charge in [0.2, 0.25) is 5.91 Å². The fourth-order valence-corrected chi connectivity index (χ4v) is 5.71. The van der Waals surface area contributed by atoms with Crippen molar-refractivity contribution in [2.45, 2.75) is 64.1 Å². The van der Waals surface area contributed by atoms with Crippen molar-refractivity contribution in [1.29, 1.82) is 0 Å². The lowest BCUT2D eigenvalue weighted by molar-refractivity contribution is -0.155. The van der Waals surface area contributed by atoms with E-state index in [1.165, 1.54) is 10.5 Å². The van der Waals surface area contributed by atoms with E-state index < -0.39 is 17.4 Å². The second-order valence-corrected chi connectivity index (χ2v) is 11.2. The van der Waals surface area contributed by atoms with Gasteiger partial charge in [-0.3, -0.25) is 9.59 Å². The molecule has 0 spiro atoms. The van der Waals surface area contributed by atoms with Crippen molar-refractivity contribution in [2.24, 2.45) is 11.7 Å². The molecule has 2 amide bonds. The molecule has 0 radical (unpaired) electrons. The molecule has 7 nitrogen and oxygen atoms in total. The van der Waals surface area contributed by atoms with Gasteiger partial charge >= 0.3 is 0 Å². The Hall–Kier alpha value is -3.03. The number of nitrogens with zero attached hydrogens (tertiary/aromatic N) is 2. The maximum Gasteiger partial charge on any atom is 0.254 e. The van der Waals surface area contributed by atoms with Crippen LogP contribution in [-0.2, 0) is 28.2 Å². The lowest BCUT2D eigenvalue weighted by Crippen LogP contribution is -2.52. The maximum absolute atomic E-state index is 13.3. The number of anilines is 1. The van der Waals surface area contributed by atoms with Crippen LogP contribution in [0.1, 0.15) is 62.1 Å². The monoisotopic (exact) mass is 553 g/mol. The molecule has 2 heterocycles. The van der Waals surface area contributed by atoms with Gasteiger partial charge < -0.3 is 25.4 Å². The first kappa shape index (κ1) is 29.0. The van der Waals surface area contributed by atoms with Crippen LogP contribution in [-0.4, -0.2) is 48.5 Å². The zero-order chi connectivity index (χ0) is 28.0. The van der Waals surface area contributed by atoms with E-state index in [-0.39, 0.29) is 5.91 Å². The van der Waals surface area contributed by atoms with Gasteiger partial charge in [-0.1, -0.05) is 42.3 Å². The summed E-state index contributed by atoms with van der Waals surface area (Å²) in [4.78, 5) is 29.9. The number of aryl methyl sites for hydroxylation is 1. The molecule has 39 heavy (non-hydrogen) atoms. The minimum atomic E-state index is -2.18. The molecule has 8 heteroatoms. The van der Waals surface area contributed by atoms with Crippen LogP contribution in [0.5, 0.6) is 5.75 Å². The molecule has 3 N–H and O–H groups in total. The SMILES string of the molecule is C[C@@H]1C(=O)N(C)C/C=C\CCCCCN2CCCCc3cc(Cl)ccc3COc3ccc(cc32)[C@]1(O)C(N)=O. The average molecular weight is 554 g/mol. The molecule has 0 unspecified atom stereocenters. The number of likely N-dealkylation sites (N-methyl/N-ethyl adjacent to an activating group) is 1. The number of fused-ring (bicyclic) bond motifs is 2. The second kappa shape index (κ2) is 12.9. The molecule has 0 aromatic heterocycles. The minimum Gasteiger partial charge on any atom is -0.487 e. The maximum atomic E-state index is 13.3. The Morgan fingerprint density at radius 3 is 2.59 bits per heavy atom. The Bertz CT molecular complexity index is 1220. The highest BCUT2D eigenvalue weighted by atomic mass is 35.5. The van der Waals surface area contributed by atoms with Crippen molar-refractivity contribution >= 4 is 29.1 Å². The largest absolute Gasteiger partial charge is 0.487 e. The van der Waals surface area contributed by atoms with Crippen LogP contribution < -0.4 is 15.4 Å². The van der Waals surface area contributed by atoms with Gasteiger partial charge in [0.1, 0.15) is 12.4 Å². The normalized spacial score (nSPS) is 24.2. The summed E-state index contributed by atoms with van der Waals surface area (Å²) in [6.07, 6.45) is 11.0. The highest BCUT2D eigenvalue weighted by molar-refractivity contribution is 6.30. The Kier molecular flexibility index (Phi) is 9.57. The Balaban J connectivity index is 1.79. The zero-order valence-corrected chi connectivity index (χ0v) is 23.8. The Morgan fingerprint density at radius 1 is 1.05 bits per heavy atom. The average Bonchev–Trinajstić information content (AvgIpc) is 2.95. The van der Waals surface area contributed by atoms with E-state index in [9.17, 15) is 14.7 Å². The summed E-state index contributed by atoms with van der Waals surface area (Å²) in [6, 6.07) is 11.1. The van der Waals surface area contributed by atoms with Gasteiger partial charge in [0.15, 0.2) is 5.60 Å². The molecule has 0 aliphatic carbocycles. The molecule has 4 rings (SSSR count). The van der Waals surface area contributed by atoms with Crippen LogP contribution in [0.3, 0.4) is 0 Å². The number of benzene rings is 2. The van der Waals surface area contributed by atoms with Gasteiger partial charge in [-0.25, -0.2) is 0 Å².